The Balaban J connectivity index is 2.84. The first-order valence-electron chi connectivity index (χ1n) is 5.22. The first-order valence-corrected chi connectivity index (χ1v) is 5.60. The maximum absolute atomic E-state index is 6.01. The molecule has 0 bridgehead atoms. The van der Waals surface area contributed by atoms with E-state index in [0.717, 1.165) is 41.4 Å². The van der Waals surface area contributed by atoms with Crippen molar-refractivity contribution in [1.82, 2.24) is 5.32 Å². The molecule has 0 heterocycles. The Kier molecular flexibility index (Phi) is 4.92. The molecule has 15 heavy (non-hydrogen) atoms. The second-order valence-electron chi connectivity index (χ2n) is 3.59. The molecule has 0 unspecified atom stereocenters. The second kappa shape index (κ2) is 5.99. The molecule has 84 valence electrons. The number of rotatable bonds is 5. The molecule has 1 N–H and O–H groups in total. The summed E-state index contributed by atoms with van der Waals surface area (Å²) in [6, 6.07) is 3.87. The Hall–Kier alpha value is -0.730. The minimum Gasteiger partial charge on any atom is -0.496 e. The third-order valence-electron chi connectivity index (χ3n) is 2.26. The fraction of sp³-hybridized carbons (Fsp3) is 0.500. The van der Waals surface area contributed by atoms with E-state index in [2.05, 4.69) is 12.2 Å². The molecule has 1 aromatic carbocycles. The van der Waals surface area contributed by atoms with Crippen LogP contribution < -0.4 is 10.1 Å². The standard InChI is InChI=1S/C12H18ClNO/c1-4-5-14-8-10-7-11(13)6-9(2)12(10)15-3/h6-7,14H,4-5,8H2,1-3H3. The number of hydrogen-bond donors (Lipinski definition) is 1. The Morgan fingerprint density at radius 2 is 2.13 bits per heavy atom. The lowest BCUT2D eigenvalue weighted by atomic mass is 10.1. The van der Waals surface area contributed by atoms with Crippen molar-refractivity contribution in [3.05, 3.63) is 28.3 Å². The quantitative estimate of drug-likeness (QED) is 0.781. The molecule has 0 atom stereocenters. The van der Waals surface area contributed by atoms with Crippen molar-refractivity contribution in [2.45, 2.75) is 26.8 Å². The lowest BCUT2D eigenvalue weighted by Crippen LogP contribution is -2.14. The van der Waals surface area contributed by atoms with Crippen LogP contribution in [0.1, 0.15) is 24.5 Å². The van der Waals surface area contributed by atoms with Crippen molar-refractivity contribution >= 4 is 11.6 Å². The van der Waals surface area contributed by atoms with E-state index in [0.29, 0.717) is 0 Å². The summed E-state index contributed by atoms with van der Waals surface area (Å²) in [5.41, 5.74) is 2.20. The van der Waals surface area contributed by atoms with Gasteiger partial charge in [0.1, 0.15) is 5.75 Å². The van der Waals surface area contributed by atoms with Gasteiger partial charge < -0.3 is 10.1 Å². The van der Waals surface area contributed by atoms with Crippen molar-refractivity contribution in [2.24, 2.45) is 0 Å². The molecule has 0 saturated heterocycles. The highest BCUT2D eigenvalue weighted by molar-refractivity contribution is 6.30. The Morgan fingerprint density at radius 3 is 2.73 bits per heavy atom. The molecule has 0 amide bonds. The molecule has 0 aliphatic carbocycles. The van der Waals surface area contributed by atoms with Crippen LogP contribution in [0.15, 0.2) is 12.1 Å². The number of benzene rings is 1. The molecule has 0 fully saturated rings. The van der Waals surface area contributed by atoms with E-state index in [-0.39, 0.29) is 0 Å². The molecule has 1 aromatic rings. The highest BCUT2D eigenvalue weighted by Crippen LogP contribution is 2.27. The van der Waals surface area contributed by atoms with Crippen LogP contribution in [0.2, 0.25) is 5.02 Å². The smallest absolute Gasteiger partial charge is 0.126 e. The summed E-state index contributed by atoms with van der Waals surface area (Å²) in [4.78, 5) is 0. The predicted molar refractivity (Wildman–Crippen MR) is 64.7 cm³/mol. The zero-order valence-corrected chi connectivity index (χ0v) is 10.3. The number of hydrogen-bond acceptors (Lipinski definition) is 2. The maximum atomic E-state index is 6.01. The van der Waals surface area contributed by atoms with Gasteiger partial charge in [-0.15, -0.1) is 0 Å². The average molecular weight is 228 g/mol. The first kappa shape index (κ1) is 12.3. The van der Waals surface area contributed by atoms with Crippen LogP contribution in [0.3, 0.4) is 0 Å². The van der Waals surface area contributed by atoms with Gasteiger partial charge in [0.05, 0.1) is 7.11 Å². The summed E-state index contributed by atoms with van der Waals surface area (Å²) < 4.78 is 5.36. The first-order chi connectivity index (χ1) is 7.19. The molecule has 0 aliphatic rings. The van der Waals surface area contributed by atoms with Crippen LogP contribution in [-0.4, -0.2) is 13.7 Å². The van der Waals surface area contributed by atoms with Gasteiger partial charge in [-0.1, -0.05) is 18.5 Å². The number of nitrogens with one attached hydrogen (secondary N) is 1. The van der Waals surface area contributed by atoms with Crippen molar-refractivity contribution in [3.63, 3.8) is 0 Å². The number of halogens is 1. The zero-order valence-electron chi connectivity index (χ0n) is 9.56. The van der Waals surface area contributed by atoms with Gasteiger partial charge in [-0.2, -0.15) is 0 Å². The van der Waals surface area contributed by atoms with Gasteiger partial charge in [0.25, 0.3) is 0 Å². The molecule has 0 aliphatic heterocycles. The monoisotopic (exact) mass is 227 g/mol. The molecule has 3 heteroatoms. The molecule has 2 nitrogen and oxygen atoms in total. The Labute approximate surface area is 96.6 Å². The van der Waals surface area contributed by atoms with Gasteiger partial charge in [-0.3, -0.25) is 0 Å². The van der Waals surface area contributed by atoms with Crippen molar-refractivity contribution in [3.8, 4) is 5.75 Å². The third-order valence-corrected chi connectivity index (χ3v) is 2.48. The van der Waals surface area contributed by atoms with Gasteiger partial charge >= 0.3 is 0 Å². The van der Waals surface area contributed by atoms with E-state index in [9.17, 15) is 0 Å². The van der Waals surface area contributed by atoms with E-state index in [1.54, 1.807) is 7.11 Å². The summed E-state index contributed by atoms with van der Waals surface area (Å²) in [6.45, 7) is 5.97. The Morgan fingerprint density at radius 1 is 1.40 bits per heavy atom. The van der Waals surface area contributed by atoms with Crippen LogP contribution in [0.25, 0.3) is 0 Å². The van der Waals surface area contributed by atoms with Crippen LogP contribution in [0.5, 0.6) is 5.75 Å². The van der Waals surface area contributed by atoms with Crippen molar-refractivity contribution in [2.75, 3.05) is 13.7 Å². The molecule has 0 saturated carbocycles. The molecule has 0 aromatic heterocycles. The topological polar surface area (TPSA) is 21.3 Å². The van der Waals surface area contributed by atoms with Crippen molar-refractivity contribution < 1.29 is 4.74 Å². The van der Waals surface area contributed by atoms with Crippen LogP contribution in [-0.2, 0) is 6.54 Å². The SMILES string of the molecule is CCCNCc1cc(Cl)cc(C)c1OC. The summed E-state index contributed by atoms with van der Waals surface area (Å²) >= 11 is 6.01. The van der Waals surface area contributed by atoms with E-state index in [1.165, 1.54) is 0 Å². The maximum Gasteiger partial charge on any atom is 0.126 e. The van der Waals surface area contributed by atoms with Gasteiger partial charge in [0.15, 0.2) is 0 Å². The van der Waals surface area contributed by atoms with Gasteiger partial charge in [-0.05, 0) is 37.6 Å². The third kappa shape index (κ3) is 3.40. The molecule has 0 spiro atoms. The molecular weight excluding hydrogens is 210 g/mol. The van der Waals surface area contributed by atoms with Crippen LogP contribution in [0, 0.1) is 6.92 Å². The zero-order chi connectivity index (χ0) is 11.3. The minimum absolute atomic E-state index is 0.765. The Bertz CT molecular complexity index is 326. The second-order valence-corrected chi connectivity index (χ2v) is 4.03. The fourth-order valence-electron chi connectivity index (χ4n) is 1.62. The lowest BCUT2D eigenvalue weighted by Gasteiger charge is -2.12. The van der Waals surface area contributed by atoms with E-state index in [4.69, 9.17) is 16.3 Å². The minimum atomic E-state index is 0.765. The number of ether oxygens (including phenoxy) is 1. The molecular formula is C12H18ClNO. The highest BCUT2D eigenvalue weighted by Gasteiger charge is 2.07. The lowest BCUT2D eigenvalue weighted by molar-refractivity contribution is 0.404. The summed E-state index contributed by atoms with van der Waals surface area (Å²) in [5, 5.41) is 4.11. The van der Waals surface area contributed by atoms with E-state index < -0.39 is 0 Å². The normalized spacial score (nSPS) is 10.4. The summed E-state index contributed by atoms with van der Waals surface area (Å²) in [5.74, 6) is 0.933. The number of methoxy groups -OCH3 is 1. The molecule has 0 radical (unpaired) electrons. The van der Waals surface area contributed by atoms with Crippen molar-refractivity contribution in [1.29, 1.82) is 0 Å². The predicted octanol–water partition coefficient (Wildman–Crippen LogP) is 3.16. The summed E-state index contributed by atoms with van der Waals surface area (Å²) in [7, 11) is 1.69. The fourth-order valence-corrected chi connectivity index (χ4v) is 1.92. The van der Waals surface area contributed by atoms with Gasteiger partial charge in [0.2, 0.25) is 0 Å². The highest BCUT2D eigenvalue weighted by atomic mass is 35.5. The van der Waals surface area contributed by atoms with E-state index in [1.807, 2.05) is 19.1 Å². The van der Waals surface area contributed by atoms with Gasteiger partial charge in [0, 0.05) is 17.1 Å². The average Bonchev–Trinajstić information content (AvgIpc) is 2.17. The van der Waals surface area contributed by atoms with E-state index >= 15 is 0 Å². The largest absolute Gasteiger partial charge is 0.496 e. The van der Waals surface area contributed by atoms with Crippen LogP contribution >= 0.6 is 11.6 Å². The number of aryl methyl sites for hydroxylation is 1. The van der Waals surface area contributed by atoms with Crippen LogP contribution in [0.4, 0.5) is 0 Å². The molecule has 1 rings (SSSR count). The van der Waals surface area contributed by atoms with Gasteiger partial charge in [-0.25, -0.2) is 0 Å². The summed E-state index contributed by atoms with van der Waals surface area (Å²) in [6.07, 6.45) is 1.13.